The standard InChI is InChI=1S/C48H61F5N6O3S2/c1-6-38(17-20-56-21-18-42(60)19-22-56)54-44-16-15-43(30-45(44)64(61,62)48(51,52)53)63-55-39-11-13-40(14-12-39)57-23-25-58(26-24-57)41-28-35(27-37(50)29-41)46-32(4)33(5)59(31(2)3)47(46)34-7-9-36(49)10-8-34/h7-14,27-31,38,42-44,54-55,60H,6,15-26H2,1-5H3/t38-,43?,44?/m0/s1. The Kier molecular flexibility index (Phi) is 15.1. The van der Waals surface area contributed by atoms with E-state index in [1.54, 1.807) is 24.3 Å². The topological polar surface area (TPSA) is 93.1 Å². The predicted molar refractivity (Wildman–Crippen MR) is 251 cm³/mol. The molecular weight excluding hydrogens is 868 g/mol. The number of hydrogen-bond acceptors (Lipinski definition) is 9. The van der Waals surface area contributed by atoms with Crippen molar-refractivity contribution in [3.8, 4) is 22.4 Å². The van der Waals surface area contributed by atoms with Gasteiger partial charge in [-0.05, 0) is 168 Å². The van der Waals surface area contributed by atoms with E-state index in [-0.39, 0.29) is 36.2 Å². The van der Waals surface area contributed by atoms with E-state index in [1.807, 2.05) is 37.3 Å². The number of sulfone groups is 1. The van der Waals surface area contributed by atoms with E-state index in [2.05, 4.69) is 57.0 Å². The molecule has 3 aromatic carbocycles. The molecular formula is C48H61F5N6O3S2. The maximum atomic E-state index is 15.5. The van der Waals surface area contributed by atoms with Crippen LogP contribution in [0.5, 0.6) is 0 Å². The van der Waals surface area contributed by atoms with Gasteiger partial charge in [-0.3, -0.25) is 0 Å². The lowest BCUT2D eigenvalue weighted by Crippen LogP contribution is -2.46. The van der Waals surface area contributed by atoms with Crippen LogP contribution in [0.3, 0.4) is 0 Å². The first-order chi connectivity index (χ1) is 30.4. The molecule has 0 bridgehead atoms. The first kappa shape index (κ1) is 47.9. The maximum Gasteiger partial charge on any atom is 0.501 e. The number of halogens is 5. The molecule has 348 valence electrons. The number of nitrogens with zero attached hydrogens (tertiary/aromatic N) is 4. The molecule has 3 atom stereocenters. The van der Waals surface area contributed by atoms with Crippen molar-refractivity contribution in [3.05, 3.63) is 101 Å². The summed E-state index contributed by atoms with van der Waals surface area (Å²) in [5.74, 6) is -0.649. The van der Waals surface area contributed by atoms with Gasteiger partial charge in [0.25, 0.3) is 9.84 Å². The molecule has 0 saturated carbocycles. The number of aromatic nitrogens is 1. The van der Waals surface area contributed by atoms with Crippen LogP contribution in [0.2, 0.25) is 0 Å². The summed E-state index contributed by atoms with van der Waals surface area (Å²) in [6, 6.07) is 18.4. The summed E-state index contributed by atoms with van der Waals surface area (Å²) < 4.78 is 103. The highest BCUT2D eigenvalue weighted by atomic mass is 32.2. The van der Waals surface area contributed by atoms with Crippen LogP contribution in [0.1, 0.15) is 76.6 Å². The molecule has 64 heavy (non-hydrogen) atoms. The third-order valence-electron chi connectivity index (χ3n) is 13.1. The number of aliphatic hydroxyl groups excluding tert-OH is 1. The fourth-order valence-corrected chi connectivity index (χ4v) is 11.6. The summed E-state index contributed by atoms with van der Waals surface area (Å²) in [5, 5.41) is 12.6. The van der Waals surface area contributed by atoms with E-state index >= 15 is 4.39 Å². The second-order valence-electron chi connectivity index (χ2n) is 17.7. The van der Waals surface area contributed by atoms with Gasteiger partial charge in [-0.25, -0.2) is 17.2 Å². The van der Waals surface area contributed by atoms with E-state index < -0.39 is 31.5 Å². The molecule has 0 amide bonds. The molecule has 2 saturated heterocycles. The Bertz CT molecular complexity index is 2360. The number of piperidine rings is 1. The minimum absolute atomic E-state index is 0.125. The average Bonchev–Trinajstić information content (AvgIpc) is 3.54. The van der Waals surface area contributed by atoms with Gasteiger partial charge in [0.1, 0.15) is 11.6 Å². The zero-order valence-electron chi connectivity index (χ0n) is 37.3. The van der Waals surface area contributed by atoms with Gasteiger partial charge >= 0.3 is 5.51 Å². The first-order valence-corrected chi connectivity index (χ1v) is 24.8. The Morgan fingerprint density at radius 2 is 1.45 bits per heavy atom. The summed E-state index contributed by atoms with van der Waals surface area (Å²) in [7, 11) is -5.56. The Hall–Kier alpha value is -4.09. The second-order valence-corrected chi connectivity index (χ2v) is 20.7. The van der Waals surface area contributed by atoms with Crippen molar-refractivity contribution in [3.63, 3.8) is 0 Å². The number of aliphatic hydroxyl groups is 1. The normalized spacial score (nSPS) is 19.9. The number of nitrogens with one attached hydrogen (secondary N) is 2. The summed E-state index contributed by atoms with van der Waals surface area (Å²) in [6.45, 7) is 15.2. The lowest BCUT2D eigenvalue weighted by molar-refractivity contribution is -0.0429. The van der Waals surface area contributed by atoms with Crippen molar-refractivity contribution in [2.75, 3.05) is 60.3 Å². The molecule has 1 aliphatic carbocycles. The number of rotatable bonds is 15. The lowest BCUT2D eigenvalue weighted by Gasteiger charge is -2.37. The molecule has 7 rings (SSSR count). The quantitative estimate of drug-likeness (QED) is 0.0796. The molecule has 3 aliphatic rings. The summed E-state index contributed by atoms with van der Waals surface area (Å²) in [4.78, 5) is 6.06. The van der Waals surface area contributed by atoms with Crippen LogP contribution in [0.25, 0.3) is 22.4 Å². The van der Waals surface area contributed by atoms with Crippen LogP contribution < -0.4 is 19.8 Å². The van der Waals surface area contributed by atoms with Crippen molar-refractivity contribution in [1.29, 1.82) is 0 Å². The third kappa shape index (κ3) is 10.8. The molecule has 0 spiro atoms. The van der Waals surface area contributed by atoms with E-state index in [1.165, 1.54) is 30.2 Å². The summed E-state index contributed by atoms with van der Waals surface area (Å²) >= 11 is 1.20. The minimum atomic E-state index is -5.56. The lowest BCUT2D eigenvalue weighted by atomic mass is 9.96. The number of hydrogen-bond donors (Lipinski definition) is 3. The largest absolute Gasteiger partial charge is 0.501 e. The summed E-state index contributed by atoms with van der Waals surface area (Å²) in [5.41, 5.74) is 2.72. The first-order valence-electron chi connectivity index (χ1n) is 22.4. The molecule has 4 aromatic rings. The van der Waals surface area contributed by atoms with Gasteiger partial charge in [0.15, 0.2) is 0 Å². The van der Waals surface area contributed by atoms with Crippen LogP contribution in [0, 0.1) is 25.5 Å². The van der Waals surface area contributed by atoms with Crippen LogP contribution >= 0.6 is 11.9 Å². The fraction of sp³-hybridized carbons (Fsp3) is 0.500. The van der Waals surface area contributed by atoms with E-state index in [4.69, 9.17) is 0 Å². The number of piperazine rings is 1. The van der Waals surface area contributed by atoms with Crippen molar-refractivity contribution in [2.24, 2.45) is 0 Å². The van der Waals surface area contributed by atoms with Gasteiger partial charge in [0, 0.05) is 91.0 Å². The summed E-state index contributed by atoms with van der Waals surface area (Å²) in [6.07, 6.45) is 4.39. The number of benzene rings is 3. The number of alkyl halides is 3. The predicted octanol–water partition coefficient (Wildman–Crippen LogP) is 10.2. The third-order valence-corrected chi connectivity index (χ3v) is 15.8. The Morgan fingerprint density at radius 1 is 0.812 bits per heavy atom. The molecule has 16 heteroatoms. The SMILES string of the molecule is CC[C@@H](CCN1CCC(O)CC1)NC1CCC(SNc2ccc(N3CCN(c4cc(F)cc(-c5c(C)c(C)n(C(C)C)c5-c5ccc(F)cc5)c4)CC3)cc2)C=C1S(=O)(=O)C(F)(F)F. The van der Waals surface area contributed by atoms with E-state index in [0.29, 0.717) is 58.3 Å². The molecule has 1 aromatic heterocycles. The number of anilines is 3. The van der Waals surface area contributed by atoms with Gasteiger partial charge < -0.3 is 34.4 Å². The monoisotopic (exact) mass is 928 g/mol. The Balaban J connectivity index is 0.982. The van der Waals surface area contributed by atoms with Gasteiger partial charge in [-0.15, -0.1) is 0 Å². The zero-order valence-corrected chi connectivity index (χ0v) is 38.9. The average molecular weight is 929 g/mol. The highest BCUT2D eigenvalue weighted by molar-refractivity contribution is 8.01. The molecule has 3 N–H and O–H groups in total. The van der Waals surface area contributed by atoms with Crippen LogP contribution in [-0.4, -0.2) is 97.8 Å². The molecule has 3 heterocycles. The molecule has 2 unspecified atom stereocenters. The van der Waals surface area contributed by atoms with Crippen molar-refractivity contribution in [2.45, 2.75) is 108 Å². The smallest absolute Gasteiger partial charge is 0.393 e. The molecule has 2 fully saturated rings. The van der Waals surface area contributed by atoms with E-state index in [9.17, 15) is 31.1 Å². The molecule has 9 nitrogen and oxygen atoms in total. The highest BCUT2D eigenvalue weighted by Crippen LogP contribution is 2.43. The van der Waals surface area contributed by atoms with Gasteiger partial charge in [-0.2, -0.15) is 13.2 Å². The van der Waals surface area contributed by atoms with Crippen molar-refractivity contribution in [1.82, 2.24) is 14.8 Å². The Morgan fingerprint density at radius 3 is 2.06 bits per heavy atom. The molecule has 2 aliphatic heterocycles. The van der Waals surface area contributed by atoms with Gasteiger partial charge in [0.05, 0.1) is 16.7 Å². The highest BCUT2D eigenvalue weighted by Gasteiger charge is 2.51. The maximum absolute atomic E-state index is 15.5. The van der Waals surface area contributed by atoms with Crippen LogP contribution in [0.15, 0.2) is 77.7 Å². The van der Waals surface area contributed by atoms with E-state index in [0.717, 1.165) is 70.3 Å². The second kappa shape index (κ2) is 20.2. The molecule has 0 radical (unpaired) electrons. The van der Waals surface area contributed by atoms with Crippen LogP contribution in [-0.2, 0) is 9.84 Å². The van der Waals surface area contributed by atoms with Gasteiger partial charge in [-0.1, -0.05) is 13.0 Å². The van der Waals surface area contributed by atoms with Crippen molar-refractivity contribution >= 4 is 38.8 Å². The minimum Gasteiger partial charge on any atom is -0.393 e. The fourth-order valence-electron chi connectivity index (χ4n) is 9.42. The van der Waals surface area contributed by atoms with Crippen molar-refractivity contribution < 1.29 is 35.5 Å². The van der Waals surface area contributed by atoms with Crippen LogP contribution in [0.4, 0.5) is 39.0 Å². The Labute approximate surface area is 379 Å². The number of likely N-dealkylation sites (tertiary alicyclic amines) is 1. The van der Waals surface area contributed by atoms with Gasteiger partial charge in [0.2, 0.25) is 0 Å². The zero-order chi connectivity index (χ0) is 45.9.